The Morgan fingerprint density at radius 2 is 1.92 bits per heavy atom. The number of thiophene rings is 1. The average molecular weight is 381 g/mol. The summed E-state index contributed by atoms with van der Waals surface area (Å²) in [7, 11) is -3.60. The minimum absolute atomic E-state index is 0.237. The van der Waals surface area contributed by atoms with Crippen LogP contribution in [0, 0.1) is 0 Å². The Balaban J connectivity index is 1.89. The lowest BCUT2D eigenvalue weighted by Gasteiger charge is -2.08. The predicted molar refractivity (Wildman–Crippen MR) is 103 cm³/mol. The lowest BCUT2D eigenvalue weighted by molar-refractivity contribution is 0.304. The zero-order valence-corrected chi connectivity index (χ0v) is 16.0. The molecule has 1 aromatic heterocycles. The molecule has 0 unspecified atom stereocenters. The fraction of sp³-hybridized carbons (Fsp3) is 0.389. The summed E-state index contributed by atoms with van der Waals surface area (Å²) in [5.74, 6) is 0.706. The van der Waals surface area contributed by atoms with Crippen LogP contribution in [0.2, 0.25) is 0 Å². The second-order valence-corrected chi connectivity index (χ2v) is 8.42. The molecule has 1 heterocycles. The van der Waals surface area contributed by atoms with Gasteiger partial charge in [-0.1, -0.05) is 50.8 Å². The highest BCUT2D eigenvalue weighted by Gasteiger charge is 2.13. The second kappa shape index (κ2) is 10.2. The van der Waals surface area contributed by atoms with Crippen LogP contribution >= 0.6 is 11.3 Å². The third kappa shape index (κ3) is 6.51. The van der Waals surface area contributed by atoms with Gasteiger partial charge in [0.15, 0.2) is 0 Å². The van der Waals surface area contributed by atoms with Crippen molar-refractivity contribution < 1.29 is 13.2 Å². The number of ether oxygens (including phenoxy) is 1. The monoisotopic (exact) mass is 380 g/mol. The normalized spacial score (nSPS) is 11.7. The molecule has 0 fully saturated rings. The predicted octanol–water partition coefficient (Wildman–Crippen LogP) is 4.41. The van der Waals surface area contributed by atoms with Crippen LogP contribution in [0.25, 0.3) is 0 Å². The van der Waals surface area contributed by atoms with Crippen LogP contribution in [-0.4, -0.2) is 21.2 Å². The van der Waals surface area contributed by atoms with E-state index in [-0.39, 0.29) is 4.21 Å². The first-order valence-corrected chi connectivity index (χ1v) is 10.8. The molecular formula is C18H24N2O3S2. The average Bonchev–Trinajstić information content (AvgIpc) is 3.15. The quantitative estimate of drug-likeness (QED) is 0.357. The number of hydrazone groups is 1. The zero-order chi connectivity index (χ0) is 18.0. The summed E-state index contributed by atoms with van der Waals surface area (Å²) in [5, 5.41) is 5.57. The standard InChI is InChI=1S/C18H24N2O3S2/c1-2-3-4-5-8-13-23-17-11-7-6-10-16(17)15-19-20-25(21,22)18-12-9-14-24-18/h6-7,9-12,14-15,20H,2-5,8,13H2,1H3/b19-15+. The van der Waals surface area contributed by atoms with Crippen molar-refractivity contribution in [3.63, 3.8) is 0 Å². The van der Waals surface area contributed by atoms with Crippen molar-refractivity contribution in [3.05, 3.63) is 47.3 Å². The fourth-order valence-corrected chi connectivity index (χ4v) is 4.01. The lowest BCUT2D eigenvalue weighted by atomic mass is 10.2. The van der Waals surface area contributed by atoms with E-state index in [0.29, 0.717) is 12.4 Å². The molecule has 2 aromatic rings. The highest BCUT2D eigenvalue weighted by Crippen LogP contribution is 2.17. The van der Waals surface area contributed by atoms with Crippen molar-refractivity contribution in [3.8, 4) is 5.75 Å². The van der Waals surface area contributed by atoms with Crippen LogP contribution in [0.5, 0.6) is 5.75 Å². The van der Waals surface area contributed by atoms with Gasteiger partial charge in [0.1, 0.15) is 9.96 Å². The molecule has 0 aliphatic rings. The van der Waals surface area contributed by atoms with Crippen LogP contribution in [0.1, 0.15) is 44.6 Å². The zero-order valence-electron chi connectivity index (χ0n) is 14.3. The summed E-state index contributed by atoms with van der Waals surface area (Å²) < 4.78 is 30.1. The molecule has 0 spiro atoms. The summed E-state index contributed by atoms with van der Waals surface area (Å²) >= 11 is 1.15. The van der Waals surface area contributed by atoms with Gasteiger partial charge in [0.25, 0.3) is 10.0 Å². The number of nitrogens with zero attached hydrogens (tertiary/aromatic N) is 1. The molecule has 0 amide bonds. The summed E-state index contributed by atoms with van der Waals surface area (Å²) in [6, 6.07) is 10.7. The van der Waals surface area contributed by atoms with Gasteiger partial charge in [-0.3, -0.25) is 0 Å². The molecule has 0 aliphatic carbocycles. The Bertz CT molecular complexity index is 756. The molecule has 25 heavy (non-hydrogen) atoms. The van der Waals surface area contributed by atoms with Gasteiger partial charge in [-0.05, 0) is 30.0 Å². The van der Waals surface area contributed by atoms with Crippen molar-refractivity contribution in [2.75, 3.05) is 6.61 Å². The number of nitrogens with one attached hydrogen (secondary N) is 1. The van der Waals surface area contributed by atoms with E-state index >= 15 is 0 Å². The highest BCUT2D eigenvalue weighted by molar-refractivity contribution is 7.91. The van der Waals surface area contributed by atoms with Crippen molar-refractivity contribution in [2.45, 2.75) is 43.2 Å². The van der Waals surface area contributed by atoms with Crippen molar-refractivity contribution in [2.24, 2.45) is 5.10 Å². The molecule has 1 N–H and O–H groups in total. The Labute approximate surface area is 153 Å². The molecule has 0 saturated heterocycles. The molecule has 7 heteroatoms. The highest BCUT2D eigenvalue weighted by atomic mass is 32.2. The number of hydrogen-bond acceptors (Lipinski definition) is 5. The molecule has 0 radical (unpaired) electrons. The number of para-hydroxylation sites is 1. The third-order valence-electron chi connectivity index (χ3n) is 3.56. The van der Waals surface area contributed by atoms with Crippen LogP contribution in [0.3, 0.4) is 0 Å². The minimum atomic E-state index is -3.60. The van der Waals surface area contributed by atoms with Gasteiger partial charge in [0.05, 0.1) is 12.8 Å². The van der Waals surface area contributed by atoms with Crippen molar-refractivity contribution in [1.82, 2.24) is 4.83 Å². The maximum atomic E-state index is 12.0. The number of unbranched alkanes of at least 4 members (excludes halogenated alkanes) is 4. The Morgan fingerprint density at radius 3 is 2.68 bits per heavy atom. The summed E-state index contributed by atoms with van der Waals surface area (Å²) in [4.78, 5) is 2.22. The topological polar surface area (TPSA) is 67.8 Å². The lowest BCUT2D eigenvalue weighted by Crippen LogP contribution is -2.17. The third-order valence-corrected chi connectivity index (χ3v) is 6.18. The van der Waals surface area contributed by atoms with E-state index in [1.165, 1.54) is 31.5 Å². The molecule has 0 aliphatic heterocycles. The maximum absolute atomic E-state index is 12.0. The van der Waals surface area contributed by atoms with E-state index in [1.807, 2.05) is 24.3 Å². The number of benzene rings is 1. The number of sulfonamides is 1. The van der Waals surface area contributed by atoms with Gasteiger partial charge >= 0.3 is 0 Å². The first kappa shape index (κ1) is 19.5. The Kier molecular flexibility index (Phi) is 7.94. The van der Waals surface area contributed by atoms with Crippen LogP contribution in [0.4, 0.5) is 0 Å². The van der Waals surface area contributed by atoms with E-state index in [4.69, 9.17) is 4.74 Å². The summed E-state index contributed by atoms with van der Waals surface area (Å²) in [5.41, 5.74) is 0.741. The molecule has 136 valence electrons. The molecule has 0 atom stereocenters. The van der Waals surface area contributed by atoms with E-state index in [2.05, 4.69) is 16.9 Å². The fourth-order valence-electron chi connectivity index (χ4n) is 2.23. The van der Waals surface area contributed by atoms with E-state index in [9.17, 15) is 8.42 Å². The van der Waals surface area contributed by atoms with E-state index in [1.54, 1.807) is 11.4 Å². The van der Waals surface area contributed by atoms with Gasteiger partial charge in [-0.15, -0.1) is 11.3 Å². The number of rotatable bonds is 11. The smallest absolute Gasteiger partial charge is 0.286 e. The van der Waals surface area contributed by atoms with Crippen molar-refractivity contribution >= 4 is 27.6 Å². The van der Waals surface area contributed by atoms with Gasteiger partial charge in [-0.2, -0.15) is 18.4 Å². The van der Waals surface area contributed by atoms with Gasteiger partial charge in [-0.25, -0.2) is 0 Å². The molecule has 5 nitrogen and oxygen atoms in total. The second-order valence-electron chi connectivity index (χ2n) is 5.59. The first-order chi connectivity index (χ1) is 12.1. The number of hydrogen-bond donors (Lipinski definition) is 1. The van der Waals surface area contributed by atoms with E-state index in [0.717, 1.165) is 29.7 Å². The van der Waals surface area contributed by atoms with Crippen LogP contribution < -0.4 is 9.57 Å². The Hall–Kier alpha value is -1.86. The molecule has 0 saturated carbocycles. The van der Waals surface area contributed by atoms with E-state index < -0.39 is 10.0 Å². The van der Waals surface area contributed by atoms with Gasteiger partial charge < -0.3 is 4.74 Å². The van der Waals surface area contributed by atoms with Crippen molar-refractivity contribution in [1.29, 1.82) is 0 Å². The summed E-state index contributed by atoms with van der Waals surface area (Å²) in [6.45, 7) is 2.84. The van der Waals surface area contributed by atoms with Crippen LogP contribution in [-0.2, 0) is 10.0 Å². The Morgan fingerprint density at radius 1 is 1.12 bits per heavy atom. The molecule has 2 rings (SSSR count). The SMILES string of the molecule is CCCCCCCOc1ccccc1/C=N/NS(=O)(=O)c1cccs1. The largest absolute Gasteiger partial charge is 0.493 e. The molecular weight excluding hydrogens is 356 g/mol. The maximum Gasteiger partial charge on any atom is 0.286 e. The molecule has 0 bridgehead atoms. The van der Waals surface area contributed by atoms with Crippen LogP contribution in [0.15, 0.2) is 51.1 Å². The first-order valence-electron chi connectivity index (χ1n) is 8.43. The molecule has 1 aromatic carbocycles. The summed E-state index contributed by atoms with van der Waals surface area (Å²) in [6.07, 6.45) is 7.35. The minimum Gasteiger partial charge on any atom is -0.493 e. The van der Waals surface area contributed by atoms with Gasteiger partial charge in [0, 0.05) is 5.56 Å². The van der Waals surface area contributed by atoms with Gasteiger partial charge in [0.2, 0.25) is 0 Å².